The number of carbonyl (C=O) groups excluding carboxylic acids is 3. The minimum atomic E-state index is -1.04. The molecule has 0 N–H and O–H groups in total. The standard InChI is InChI=1S/C23H12N2O7/c26-21-12-5-1-2-6-13(12)22(27)19-14(21)9-10-15(20(19)25(29)30)23(28)31-11-18-24-16-7-3-4-8-17(16)32-18/h1-10H,11H2. The van der Waals surface area contributed by atoms with Gasteiger partial charge in [0.2, 0.25) is 11.7 Å². The number of oxazole rings is 1. The summed E-state index contributed by atoms with van der Waals surface area (Å²) < 4.78 is 10.6. The van der Waals surface area contributed by atoms with E-state index in [-0.39, 0.29) is 29.2 Å². The average Bonchev–Trinajstić information content (AvgIpc) is 3.23. The predicted octanol–water partition coefficient (Wildman–Crippen LogP) is 3.87. The quantitative estimate of drug-likeness (QED) is 0.240. The van der Waals surface area contributed by atoms with Crippen LogP contribution in [0.1, 0.15) is 48.1 Å². The number of nitro benzene ring substituents is 1. The maximum absolute atomic E-state index is 13.0. The molecule has 1 aliphatic carbocycles. The van der Waals surface area contributed by atoms with Crippen molar-refractivity contribution in [2.45, 2.75) is 6.61 Å². The minimum absolute atomic E-state index is 0.0464. The molecule has 1 heterocycles. The van der Waals surface area contributed by atoms with Gasteiger partial charge in [-0.25, -0.2) is 9.78 Å². The number of benzene rings is 3. The number of rotatable bonds is 4. The van der Waals surface area contributed by atoms with Gasteiger partial charge in [0.15, 0.2) is 18.0 Å². The van der Waals surface area contributed by atoms with E-state index in [0.29, 0.717) is 11.1 Å². The Morgan fingerprint density at radius 3 is 2.34 bits per heavy atom. The largest absolute Gasteiger partial charge is 0.452 e. The first-order valence-corrected chi connectivity index (χ1v) is 9.47. The molecule has 3 aromatic carbocycles. The van der Waals surface area contributed by atoms with Gasteiger partial charge in [0, 0.05) is 16.7 Å². The van der Waals surface area contributed by atoms with Gasteiger partial charge < -0.3 is 9.15 Å². The van der Waals surface area contributed by atoms with Crippen LogP contribution in [-0.4, -0.2) is 27.4 Å². The monoisotopic (exact) mass is 428 g/mol. The van der Waals surface area contributed by atoms with Crippen LogP contribution in [0.25, 0.3) is 11.1 Å². The van der Waals surface area contributed by atoms with Crippen LogP contribution < -0.4 is 0 Å². The van der Waals surface area contributed by atoms with Gasteiger partial charge in [-0.1, -0.05) is 36.4 Å². The highest BCUT2D eigenvalue weighted by Crippen LogP contribution is 2.35. The summed E-state index contributed by atoms with van der Waals surface area (Å²) in [6.07, 6.45) is 0. The Labute approximate surface area is 179 Å². The van der Waals surface area contributed by atoms with Crippen molar-refractivity contribution in [3.8, 4) is 0 Å². The van der Waals surface area contributed by atoms with E-state index in [1.807, 2.05) is 0 Å². The highest BCUT2D eigenvalue weighted by atomic mass is 16.6. The fraction of sp³-hybridized carbons (Fsp3) is 0.0435. The van der Waals surface area contributed by atoms with Crippen molar-refractivity contribution >= 4 is 34.3 Å². The molecule has 0 aliphatic heterocycles. The van der Waals surface area contributed by atoms with Crippen molar-refractivity contribution in [3.63, 3.8) is 0 Å². The smallest absolute Gasteiger partial charge is 0.345 e. The molecule has 156 valence electrons. The van der Waals surface area contributed by atoms with Gasteiger partial charge in [-0.3, -0.25) is 19.7 Å². The summed E-state index contributed by atoms with van der Waals surface area (Å²) in [4.78, 5) is 53.7. The third-order valence-corrected chi connectivity index (χ3v) is 5.13. The Morgan fingerprint density at radius 2 is 1.62 bits per heavy atom. The molecule has 0 radical (unpaired) electrons. The molecule has 0 saturated heterocycles. The van der Waals surface area contributed by atoms with Crippen molar-refractivity contribution in [2.24, 2.45) is 0 Å². The second kappa shape index (κ2) is 7.24. The lowest BCUT2D eigenvalue weighted by Gasteiger charge is -2.18. The first-order valence-electron chi connectivity index (χ1n) is 9.47. The number of nitro groups is 1. The summed E-state index contributed by atoms with van der Waals surface area (Å²) >= 11 is 0. The normalized spacial score (nSPS) is 12.4. The van der Waals surface area contributed by atoms with E-state index in [9.17, 15) is 24.5 Å². The van der Waals surface area contributed by atoms with Gasteiger partial charge in [0.05, 0.1) is 4.92 Å². The molecular formula is C23H12N2O7. The van der Waals surface area contributed by atoms with Crippen LogP contribution in [-0.2, 0) is 11.3 Å². The van der Waals surface area contributed by atoms with E-state index in [2.05, 4.69) is 4.98 Å². The average molecular weight is 428 g/mol. The zero-order valence-corrected chi connectivity index (χ0v) is 16.2. The molecule has 1 aromatic heterocycles. The fourth-order valence-electron chi connectivity index (χ4n) is 3.71. The number of hydrogen-bond acceptors (Lipinski definition) is 8. The lowest BCUT2D eigenvalue weighted by atomic mass is 9.82. The van der Waals surface area contributed by atoms with Gasteiger partial charge in [-0.2, -0.15) is 0 Å². The summed E-state index contributed by atoms with van der Waals surface area (Å²) in [6.45, 7) is -0.364. The number of hydrogen-bond donors (Lipinski definition) is 0. The number of fused-ring (bicyclic) bond motifs is 3. The van der Waals surface area contributed by atoms with Crippen molar-refractivity contribution < 1.29 is 28.5 Å². The Bertz CT molecular complexity index is 1440. The summed E-state index contributed by atoms with van der Waals surface area (Å²) in [5, 5.41) is 11.9. The van der Waals surface area contributed by atoms with E-state index in [4.69, 9.17) is 9.15 Å². The van der Waals surface area contributed by atoms with Crippen LogP contribution in [0.5, 0.6) is 0 Å². The second-order valence-corrected chi connectivity index (χ2v) is 7.00. The number of aromatic nitrogens is 1. The fourth-order valence-corrected chi connectivity index (χ4v) is 3.71. The van der Waals surface area contributed by atoms with Crippen LogP contribution in [0, 0.1) is 10.1 Å². The molecule has 4 aromatic rings. The van der Waals surface area contributed by atoms with Crippen LogP contribution in [0.4, 0.5) is 5.69 Å². The van der Waals surface area contributed by atoms with E-state index in [0.717, 1.165) is 6.07 Å². The first kappa shape index (κ1) is 19.3. The van der Waals surface area contributed by atoms with E-state index >= 15 is 0 Å². The molecule has 0 atom stereocenters. The summed E-state index contributed by atoms with van der Waals surface area (Å²) in [5.74, 6) is -2.15. The number of ether oxygens (including phenoxy) is 1. The van der Waals surface area contributed by atoms with Gasteiger partial charge in [-0.15, -0.1) is 0 Å². The molecular weight excluding hydrogens is 416 g/mol. The SMILES string of the molecule is O=C1c2ccccc2C(=O)c2c1ccc(C(=O)OCc1nc3ccccc3o1)c2[N+](=O)[O-]. The minimum Gasteiger partial charge on any atom is -0.452 e. The zero-order chi connectivity index (χ0) is 22.4. The molecule has 32 heavy (non-hydrogen) atoms. The summed E-state index contributed by atoms with van der Waals surface area (Å²) in [5.41, 5.74) is -0.480. The maximum Gasteiger partial charge on any atom is 0.345 e. The molecule has 0 unspecified atom stereocenters. The lowest BCUT2D eigenvalue weighted by molar-refractivity contribution is -0.385. The number of nitrogens with zero attached hydrogens (tertiary/aromatic N) is 2. The summed E-state index contributed by atoms with van der Waals surface area (Å²) in [7, 11) is 0. The molecule has 1 aliphatic rings. The topological polar surface area (TPSA) is 130 Å². The van der Waals surface area contributed by atoms with E-state index in [1.54, 1.807) is 36.4 Å². The van der Waals surface area contributed by atoms with Gasteiger partial charge in [-0.05, 0) is 24.3 Å². The molecule has 0 saturated carbocycles. The third kappa shape index (κ3) is 2.95. The van der Waals surface area contributed by atoms with Crippen LogP contribution in [0.3, 0.4) is 0 Å². The highest BCUT2D eigenvalue weighted by molar-refractivity contribution is 6.30. The van der Waals surface area contributed by atoms with Crippen molar-refractivity contribution in [1.82, 2.24) is 4.98 Å². The molecule has 0 amide bonds. The van der Waals surface area contributed by atoms with Crippen LogP contribution in [0.15, 0.2) is 65.1 Å². The van der Waals surface area contributed by atoms with Crippen LogP contribution >= 0.6 is 0 Å². The van der Waals surface area contributed by atoms with Crippen molar-refractivity contribution in [3.05, 3.63) is 104 Å². The molecule has 5 rings (SSSR count). The number of para-hydroxylation sites is 2. The Balaban J connectivity index is 1.52. The van der Waals surface area contributed by atoms with Gasteiger partial charge in [0.25, 0.3) is 5.69 Å². The number of ketones is 2. The Kier molecular flexibility index (Phi) is 4.37. The highest BCUT2D eigenvalue weighted by Gasteiger charge is 2.39. The second-order valence-electron chi connectivity index (χ2n) is 7.00. The number of carbonyl (C=O) groups is 3. The molecule has 0 bridgehead atoms. The Hall–Kier alpha value is -4.66. The molecule has 0 fully saturated rings. The predicted molar refractivity (Wildman–Crippen MR) is 110 cm³/mol. The van der Waals surface area contributed by atoms with Crippen molar-refractivity contribution in [1.29, 1.82) is 0 Å². The molecule has 0 spiro atoms. The van der Waals surface area contributed by atoms with Crippen molar-refractivity contribution in [2.75, 3.05) is 0 Å². The zero-order valence-electron chi connectivity index (χ0n) is 16.2. The first-order chi connectivity index (χ1) is 15.5. The van der Waals surface area contributed by atoms with Gasteiger partial charge in [0.1, 0.15) is 16.6 Å². The van der Waals surface area contributed by atoms with E-state index < -0.39 is 39.3 Å². The number of esters is 1. The van der Waals surface area contributed by atoms with E-state index in [1.165, 1.54) is 18.2 Å². The Morgan fingerprint density at radius 1 is 0.938 bits per heavy atom. The van der Waals surface area contributed by atoms with Gasteiger partial charge >= 0.3 is 5.97 Å². The summed E-state index contributed by atoms with van der Waals surface area (Å²) in [6, 6.07) is 15.3. The molecule has 9 heteroatoms. The maximum atomic E-state index is 13.0. The third-order valence-electron chi connectivity index (χ3n) is 5.13. The van der Waals surface area contributed by atoms with Crippen LogP contribution in [0.2, 0.25) is 0 Å². The lowest BCUT2D eigenvalue weighted by Crippen LogP contribution is -2.23. The molecule has 9 nitrogen and oxygen atoms in total.